The first-order valence-corrected chi connectivity index (χ1v) is 12.2. The van der Waals surface area contributed by atoms with Crippen LogP contribution in [0, 0.1) is 13.8 Å². The number of nitrogen functional groups attached to an aromatic ring is 2. The minimum Gasteiger partial charge on any atom is -0.384 e. The molecule has 0 amide bonds. The van der Waals surface area contributed by atoms with Gasteiger partial charge in [0.2, 0.25) is 0 Å². The molecule has 2 aromatic carbocycles. The lowest BCUT2D eigenvalue weighted by atomic mass is 10.1. The molecule has 196 valence electrons. The number of nitrogens with two attached hydrogens (primary N) is 2. The molecule has 0 spiro atoms. The molecule has 6 aromatic rings. The van der Waals surface area contributed by atoms with Crippen molar-refractivity contribution >= 4 is 45.1 Å². The van der Waals surface area contributed by atoms with Crippen LogP contribution in [-0.2, 0) is 0 Å². The summed E-state index contributed by atoms with van der Waals surface area (Å²) in [6, 6.07) is 23.3. The van der Waals surface area contributed by atoms with Gasteiger partial charge in [-0.2, -0.15) is 0 Å². The maximum Gasteiger partial charge on any atom is 0.129 e. The third-order valence-electron chi connectivity index (χ3n) is 6.31. The second kappa shape index (κ2) is 10.8. The van der Waals surface area contributed by atoms with Crippen molar-refractivity contribution in [3.05, 3.63) is 117 Å². The Labute approximate surface area is 228 Å². The Morgan fingerprint density at radius 3 is 1.55 bits per heavy atom. The zero-order valence-electron chi connectivity index (χ0n) is 21.7. The van der Waals surface area contributed by atoms with Gasteiger partial charge in [-0.3, -0.25) is 0 Å². The summed E-state index contributed by atoms with van der Waals surface area (Å²) in [4.78, 5) is 13.4. The van der Waals surface area contributed by atoms with Crippen LogP contribution in [0.25, 0.3) is 54.1 Å². The van der Waals surface area contributed by atoms with Crippen molar-refractivity contribution in [2.24, 2.45) is 10.2 Å². The highest BCUT2D eigenvalue weighted by Crippen LogP contribution is 2.28. The summed E-state index contributed by atoms with van der Waals surface area (Å²) in [5, 5.41) is 9.28. The van der Waals surface area contributed by atoms with Gasteiger partial charge in [0.15, 0.2) is 0 Å². The molecule has 0 unspecified atom stereocenters. The van der Waals surface area contributed by atoms with Crippen LogP contribution >= 0.6 is 0 Å². The van der Waals surface area contributed by atoms with Crippen molar-refractivity contribution in [2.45, 2.75) is 13.8 Å². The topological polar surface area (TPSA) is 185 Å². The van der Waals surface area contributed by atoms with Crippen molar-refractivity contribution in [2.75, 3.05) is 11.5 Å². The average Bonchev–Trinajstić information content (AvgIpc) is 3.55. The molecule has 0 bridgehead atoms. The largest absolute Gasteiger partial charge is 0.384 e. The number of hydrogen-bond donors (Lipinski definition) is 2. The molecule has 6 rings (SSSR count). The lowest BCUT2D eigenvalue weighted by Gasteiger charge is -2.09. The summed E-state index contributed by atoms with van der Waals surface area (Å²) < 4.78 is 4.03. The molecule has 12 heteroatoms. The molecule has 0 saturated heterocycles. The maximum atomic E-state index is 8.59. The second-order valence-electron chi connectivity index (χ2n) is 8.99. The zero-order valence-corrected chi connectivity index (χ0v) is 21.7. The minimum absolute atomic E-state index is 0.151. The molecule has 0 aliphatic rings. The van der Waals surface area contributed by atoms with Crippen LogP contribution in [-0.4, -0.2) is 19.1 Å². The third-order valence-corrected chi connectivity index (χ3v) is 6.31. The van der Waals surface area contributed by atoms with E-state index >= 15 is 0 Å². The molecule has 4 N–H and O–H groups in total. The van der Waals surface area contributed by atoms with E-state index in [9.17, 15) is 0 Å². The highest BCUT2D eigenvalue weighted by molar-refractivity contribution is 5.86. The van der Waals surface area contributed by atoms with Gasteiger partial charge >= 0.3 is 0 Å². The first-order valence-electron chi connectivity index (χ1n) is 12.2. The van der Waals surface area contributed by atoms with Crippen molar-refractivity contribution in [1.82, 2.24) is 19.1 Å². The van der Waals surface area contributed by atoms with Crippen molar-refractivity contribution < 1.29 is 0 Å². The summed E-state index contributed by atoms with van der Waals surface area (Å²) in [5.41, 5.74) is 34.8. The number of rotatable bonds is 4. The Balaban J connectivity index is 0.000000164. The lowest BCUT2D eigenvalue weighted by molar-refractivity contribution is 1.09. The summed E-state index contributed by atoms with van der Waals surface area (Å²) in [7, 11) is 0. The van der Waals surface area contributed by atoms with E-state index < -0.39 is 0 Å². The second-order valence-corrected chi connectivity index (χ2v) is 8.99. The van der Waals surface area contributed by atoms with Crippen molar-refractivity contribution in [3.63, 3.8) is 0 Å². The first-order chi connectivity index (χ1) is 19.4. The molecule has 4 aromatic heterocycles. The fraction of sp³-hybridized carbons (Fsp3) is 0.0714. The fourth-order valence-electron chi connectivity index (χ4n) is 4.70. The van der Waals surface area contributed by atoms with E-state index in [4.69, 9.17) is 22.5 Å². The molecular formula is C28H24N12. The molecule has 40 heavy (non-hydrogen) atoms. The zero-order chi connectivity index (χ0) is 28.2. The highest BCUT2D eigenvalue weighted by Gasteiger charge is 2.09. The Kier molecular flexibility index (Phi) is 6.93. The van der Waals surface area contributed by atoms with E-state index in [2.05, 4.69) is 65.8 Å². The number of fused-ring (bicyclic) bond motifs is 2. The number of para-hydroxylation sites is 2. The van der Waals surface area contributed by atoms with E-state index in [0.29, 0.717) is 17.3 Å². The van der Waals surface area contributed by atoms with Gasteiger partial charge in [0, 0.05) is 50.8 Å². The smallest absolute Gasteiger partial charge is 0.129 e. The summed E-state index contributed by atoms with van der Waals surface area (Å²) in [5.74, 6) is 1.16. The van der Waals surface area contributed by atoms with Crippen LogP contribution in [0.3, 0.4) is 0 Å². The number of nitrogens with zero attached hydrogens (tertiary/aromatic N) is 10. The molecule has 0 radical (unpaired) electrons. The maximum absolute atomic E-state index is 8.59. The molecular weight excluding hydrogens is 504 g/mol. The Bertz CT molecular complexity index is 1910. The predicted octanol–water partition coefficient (Wildman–Crippen LogP) is 7.72. The number of aryl methyl sites for hydroxylation is 2. The SMILES string of the molecule is Cc1cccc2ccn(-c3cc(N)nc(N)c3)c12.Cc1cccc2ccn(-c3cc(N=[N+]=[N-])nc(N=[N+]=[N-])c3)c12. The van der Waals surface area contributed by atoms with Gasteiger partial charge in [0.25, 0.3) is 0 Å². The highest BCUT2D eigenvalue weighted by atomic mass is 15.2. The standard InChI is InChI=1S/C14H10N8.C14H14N4/c1-9-3-2-4-10-5-6-22(14(9)10)11-7-12(18-20-15)17-13(8-11)19-21-16;1-9-3-2-4-10-5-6-18(14(9)10)11-7-12(15)17-13(16)8-11/h2-8H,1H3;2-8H,1H3,(H4,15,16,17). The van der Waals surface area contributed by atoms with Crippen LogP contribution in [0.5, 0.6) is 0 Å². The molecule has 0 aliphatic carbocycles. The van der Waals surface area contributed by atoms with Crippen LogP contribution in [0.2, 0.25) is 0 Å². The molecule has 0 fully saturated rings. The Morgan fingerprint density at radius 2 is 1.10 bits per heavy atom. The van der Waals surface area contributed by atoms with Gasteiger partial charge in [-0.1, -0.05) is 36.4 Å². The van der Waals surface area contributed by atoms with Crippen molar-refractivity contribution in [3.8, 4) is 11.4 Å². The predicted molar refractivity (Wildman–Crippen MR) is 158 cm³/mol. The Hall–Kier alpha value is -5.96. The summed E-state index contributed by atoms with van der Waals surface area (Å²) >= 11 is 0. The summed E-state index contributed by atoms with van der Waals surface area (Å²) in [6.45, 7) is 4.11. The van der Waals surface area contributed by atoms with Crippen LogP contribution in [0.15, 0.2) is 95.4 Å². The normalized spacial score (nSPS) is 10.4. The van der Waals surface area contributed by atoms with Gasteiger partial charge in [-0.25, -0.2) is 9.97 Å². The van der Waals surface area contributed by atoms with Crippen LogP contribution in [0.4, 0.5) is 23.3 Å². The number of benzene rings is 2. The lowest BCUT2D eigenvalue weighted by Crippen LogP contribution is -2.01. The monoisotopic (exact) mass is 528 g/mol. The summed E-state index contributed by atoms with van der Waals surface area (Å²) in [6.07, 6.45) is 3.93. The van der Waals surface area contributed by atoms with E-state index in [1.807, 2.05) is 60.3 Å². The number of aromatic nitrogens is 4. The van der Waals surface area contributed by atoms with Gasteiger partial charge in [-0.05, 0) is 70.5 Å². The molecule has 0 atom stereocenters. The van der Waals surface area contributed by atoms with Gasteiger partial charge < -0.3 is 20.6 Å². The van der Waals surface area contributed by atoms with Crippen molar-refractivity contribution in [1.29, 1.82) is 0 Å². The molecule has 0 saturated carbocycles. The average molecular weight is 529 g/mol. The Morgan fingerprint density at radius 1 is 0.650 bits per heavy atom. The number of pyridine rings is 2. The fourth-order valence-corrected chi connectivity index (χ4v) is 4.70. The van der Waals surface area contributed by atoms with E-state index in [-0.39, 0.29) is 11.6 Å². The van der Waals surface area contributed by atoms with Gasteiger partial charge in [-0.15, -0.1) is 0 Å². The molecule has 0 aliphatic heterocycles. The van der Waals surface area contributed by atoms with E-state index in [1.165, 1.54) is 16.5 Å². The minimum atomic E-state index is 0.151. The quantitative estimate of drug-likeness (QED) is 0.135. The first kappa shape index (κ1) is 25.7. The molecule has 12 nitrogen and oxygen atoms in total. The molecule has 4 heterocycles. The van der Waals surface area contributed by atoms with Crippen LogP contribution in [0.1, 0.15) is 11.1 Å². The van der Waals surface area contributed by atoms with E-state index in [1.54, 1.807) is 12.1 Å². The third kappa shape index (κ3) is 5.07. The van der Waals surface area contributed by atoms with Gasteiger partial charge in [0.1, 0.15) is 23.3 Å². The van der Waals surface area contributed by atoms with E-state index in [0.717, 1.165) is 22.2 Å². The van der Waals surface area contributed by atoms with Crippen LogP contribution < -0.4 is 11.5 Å². The number of azide groups is 2. The number of anilines is 2. The number of hydrogen-bond acceptors (Lipinski definition) is 6. The van der Waals surface area contributed by atoms with Gasteiger partial charge in [0.05, 0.1) is 16.7 Å².